The number of nitrogens with zero attached hydrogens (tertiary/aromatic N) is 6. The molecule has 1 aromatic carbocycles. The first-order chi connectivity index (χ1) is 12.3. The fourth-order valence-corrected chi connectivity index (χ4v) is 4.73. The second-order valence-electron chi connectivity index (χ2n) is 6.11. The van der Waals surface area contributed by atoms with E-state index in [1.54, 1.807) is 17.7 Å². The third kappa shape index (κ3) is 2.81. The van der Waals surface area contributed by atoms with Gasteiger partial charge >= 0.3 is 0 Å². The minimum Gasteiger partial charge on any atom is -0.235 e. The molecule has 5 rings (SSSR count). The molecular weight excluding hydrogens is 352 g/mol. The number of benzene rings is 1. The monoisotopic (exact) mass is 366 g/mol. The maximum Gasteiger partial charge on any atom is 0.215 e. The van der Waals surface area contributed by atoms with Crippen LogP contribution in [0.15, 0.2) is 46.8 Å². The first kappa shape index (κ1) is 15.0. The molecule has 6 nitrogen and oxygen atoms in total. The molecule has 1 aliphatic rings. The molecule has 1 aliphatic carbocycles. The zero-order valence-corrected chi connectivity index (χ0v) is 15.1. The molecule has 0 spiro atoms. The van der Waals surface area contributed by atoms with Crippen LogP contribution in [-0.4, -0.2) is 30.2 Å². The molecule has 0 unspecified atom stereocenters. The number of thiophene rings is 1. The van der Waals surface area contributed by atoms with Crippen molar-refractivity contribution < 1.29 is 0 Å². The van der Waals surface area contributed by atoms with Gasteiger partial charge in [0, 0.05) is 4.88 Å². The largest absolute Gasteiger partial charge is 0.235 e. The third-order valence-electron chi connectivity index (χ3n) is 4.16. The predicted octanol–water partition coefficient (Wildman–Crippen LogP) is 4.14. The van der Waals surface area contributed by atoms with Crippen LogP contribution in [0.4, 0.5) is 0 Å². The molecule has 124 valence electrons. The highest BCUT2D eigenvalue weighted by Crippen LogP contribution is 2.41. The molecule has 0 bridgehead atoms. The van der Waals surface area contributed by atoms with Crippen molar-refractivity contribution in [2.75, 3.05) is 0 Å². The lowest BCUT2D eigenvalue weighted by Crippen LogP contribution is -1.98. The summed E-state index contributed by atoms with van der Waals surface area (Å²) in [5.74, 6) is 0. The van der Waals surface area contributed by atoms with Crippen LogP contribution in [0, 0.1) is 6.92 Å². The highest BCUT2D eigenvalue weighted by Gasteiger charge is 2.28. The second kappa shape index (κ2) is 5.89. The van der Waals surface area contributed by atoms with Crippen LogP contribution in [0.1, 0.15) is 24.4 Å². The highest BCUT2D eigenvalue weighted by atomic mass is 32.2. The number of aromatic nitrogens is 6. The van der Waals surface area contributed by atoms with Gasteiger partial charge in [0.15, 0.2) is 0 Å². The number of hydrogen-bond acceptors (Lipinski definition) is 7. The van der Waals surface area contributed by atoms with Gasteiger partial charge in [-0.3, -0.25) is 0 Å². The van der Waals surface area contributed by atoms with E-state index in [1.807, 2.05) is 4.68 Å². The quantitative estimate of drug-likeness (QED) is 0.506. The molecule has 8 heteroatoms. The molecule has 0 N–H and O–H groups in total. The molecule has 1 fully saturated rings. The SMILES string of the molecule is Cc1ccc(-c2cc3ncnc(Sc4nnnn4C4CC4)c3s2)cc1. The summed E-state index contributed by atoms with van der Waals surface area (Å²) in [5.41, 5.74) is 3.42. The Hall–Kier alpha value is -2.32. The minimum absolute atomic E-state index is 0.446. The molecule has 4 aromatic rings. The van der Waals surface area contributed by atoms with Crippen molar-refractivity contribution in [3.8, 4) is 10.4 Å². The van der Waals surface area contributed by atoms with Crippen molar-refractivity contribution in [2.45, 2.75) is 36.0 Å². The van der Waals surface area contributed by atoms with Gasteiger partial charge in [0.2, 0.25) is 5.16 Å². The van der Waals surface area contributed by atoms with Gasteiger partial charge in [-0.05, 0) is 53.6 Å². The maximum absolute atomic E-state index is 4.48. The first-order valence-corrected chi connectivity index (χ1v) is 9.68. The summed E-state index contributed by atoms with van der Waals surface area (Å²) in [7, 11) is 0. The zero-order valence-electron chi connectivity index (χ0n) is 13.5. The van der Waals surface area contributed by atoms with Crippen molar-refractivity contribution in [1.82, 2.24) is 30.2 Å². The van der Waals surface area contributed by atoms with Crippen LogP contribution in [0.5, 0.6) is 0 Å². The summed E-state index contributed by atoms with van der Waals surface area (Å²) < 4.78 is 2.99. The zero-order chi connectivity index (χ0) is 16.8. The van der Waals surface area contributed by atoms with Gasteiger partial charge in [0.05, 0.1) is 16.3 Å². The molecule has 0 atom stereocenters. The molecule has 25 heavy (non-hydrogen) atoms. The Morgan fingerprint density at radius 1 is 1.16 bits per heavy atom. The summed E-state index contributed by atoms with van der Waals surface area (Å²) >= 11 is 3.23. The average molecular weight is 366 g/mol. The minimum atomic E-state index is 0.446. The number of aryl methyl sites for hydroxylation is 1. The predicted molar refractivity (Wildman–Crippen MR) is 97.8 cm³/mol. The van der Waals surface area contributed by atoms with E-state index in [4.69, 9.17) is 0 Å². The summed E-state index contributed by atoms with van der Waals surface area (Å²) in [6, 6.07) is 11.1. The highest BCUT2D eigenvalue weighted by molar-refractivity contribution is 7.99. The first-order valence-electron chi connectivity index (χ1n) is 8.05. The third-order valence-corrected chi connectivity index (χ3v) is 6.42. The van der Waals surface area contributed by atoms with Gasteiger partial charge in [-0.25, -0.2) is 14.6 Å². The topological polar surface area (TPSA) is 69.4 Å². The summed E-state index contributed by atoms with van der Waals surface area (Å²) in [5, 5.41) is 13.8. The normalized spacial score (nSPS) is 14.3. The molecule has 0 aliphatic heterocycles. The average Bonchev–Trinajstić information content (AvgIpc) is 3.19. The Kier molecular flexibility index (Phi) is 3.53. The van der Waals surface area contributed by atoms with E-state index in [0.717, 1.165) is 33.2 Å². The van der Waals surface area contributed by atoms with Crippen molar-refractivity contribution >= 4 is 33.3 Å². The summed E-state index contributed by atoms with van der Waals surface area (Å²) in [6.45, 7) is 2.10. The van der Waals surface area contributed by atoms with Gasteiger partial charge in [0.25, 0.3) is 0 Å². The molecule has 1 saturated carbocycles. The van der Waals surface area contributed by atoms with E-state index in [0.29, 0.717) is 6.04 Å². The van der Waals surface area contributed by atoms with Crippen molar-refractivity contribution in [2.24, 2.45) is 0 Å². The molecule has 0 amide bonds. The van der Waals surface area contributed by atoms with Gasteiger partial charge in [0.1, 0.15) is 11.4 Å². The molecule has 0 saturated heterocycles. The standard InChI is InChI=1S/C17H14N6S2/c1-10-2-4-11(5-3-10)14-8-13-15(24-14)16(19-9-18-13)25-17-20-21-22-23(17)12-6-7-12/h2-5,8-9,12H,6-7H2,1H3. The Morgan fingerprint density at radius 3 is 2.80 bits per heavy atom. The van der Waals surface area contributed by atoms with E-state index in [9.17, 15) is 0 Å². The van der Waals surface area contributed by atoms with Crippen LogP contribution < -0.4 is 0 Å². The van der Waals surface area contributed by atoms with E-state index in [-0.39, 0.29) is 0 Å². The Morgan fingerprint density at radius 2 is 2.00 bits per heavy atom. The molecule has 0 radical (unpaired) electrons. The number of tetrazole rings is 1. The van der Waals surface area contributed by atoms with E-state index in [1.165, 1.54) is 27.8 Å². The second-order valence-corrected chi connectivity index (χ2v) is 8.12. The van der Waals surface area contributed by atoms with Crippen LogP contribution in [0.25, 0.3) is 20.7 Å². The summed E-state index contributed by atoms with van der Waals surface area (Å²) in [4.78, 5) is 10.1. The van der Waals surface area contributed by atoms with Gasteiger partial charge in [-0.2, -0.15) is 0 Å². The van der Waals surface area contributed by atoms with Crippen LogP contribution >= 0.6 is 23.1 Å². The van der Waals surface area contributed by atoms with Crippen LogP contribution in [-0.2, 0) is 0 Å². The molecule has 3 aromatic heterocycles. The van der Waals surface area contributed by atoms with Gasteiger partial charge in [-0.1, -0.05) is 29.8 Å². The fraction of sp³-hybridized carbons (Fsp3) is 0.235. The number of hydrogen-bond donors (Lipinski definition) is 0. The van der Waals surface area contributed by atoms with Crippen molar-refractivity contribution in [3.63, 3.8) is 0 Å². The van der Waals surface area contributed by atoms with Gasteiger partial charge in [-0.15, -0.1) is 16.4 Å². The lowest BCUT2D eigenvalue weighted by Gasteiger charge is -2.02. The van der Waals surface area contributed by atoms with Crippen LogP contribution in [0.2, 0.25) is 0 Å². The lowest BCUT2D eigenvalue weighted by atomic mass is 10.1. The van der Waals surface area contributed by atoms with E-state index in [2.05, 4.69) is 62.7 Å². The van der Waals surface area contributed by atoms with Gasteiger partial charge < -0.3 is 0 Å². The molecular formula is C17H14N6S2. The lowest BCUT2D eigenvalue weighted by molar-refractivity contribution is 0.565. The van der Waals surface area contributed by atoms with Crippen LogP contribution in [0.3, 0.4) is 0 Å². The van der Waals surface area contributed by atoms with Crippen molar-refractivity contribution in [3.05, 3.63) is 42.2 Å². The number of rotatable bonds is 4. The number of fused-ring (bicyclic) bond motifs is 1. The smallest absolute Gasteiger partial charge is 0.215 e. The Bertz CT molecular complexity index is 1050. The maximum atomic E-state index is 4.48. The van der Waals surface area contributed by atoms with Crippen molar-refractivity contribution in [1.29, 1.82) is 0 Å². The Balaban J connectivity index is 1.54. The Labute approximate surface area is 152 Å². The van der Waals surface area contributed by atoms with E-state index >= 15 is 0 Å². The molecule has 3 heterocycles. The fourth-order valence-electron chi connectivity index (χ4n) is 2.65. The van der Waals surface area contributed by atoms with E-state index < -0.39 is 0 Å². The summed E-state index contributed by atoms with van der Waals surface area (Å²) in [6.07, 6.45) is 3.91.